The minimum atomic E-state index is -3.58. The van der Waals surface area contributed by atoms with Gasteiger partial charge in [0.2, 0.25) is 10.0 Å². The van der Waals surface area contributed by atoms with E-state index in [1.807, 2.05) is 31.2 Å². The second kappa shape index (κ2) is 4.68. The van der Waals surface area contributed by atoms with Gasteiger partial charge in [-0.15, -0.1) is 0 Å². The maximum absolute atomic E-state index is 12.7. The lowest BCUT2D eigenvalue weighted by molar-refractivity contribution is 0.550. The van der Waals surface area contributed by atoms with Crippen molar-refractivity contribution in [3.8, 4) is 0 Å². The minimum Gasteiger partial charge on any atom is -0.281 e. The Morgan fingerprint density at radius 1 is 1.19 bits per heavy atom. The van der Waals surface area contributed by atoms with Crippen molar-refractivity contribution in [1.29, 1.82) is 0 Å². The van der Waals surface area contributed by atoms with Gasteiger partial charge in [-0.3, -0.25) is 5.10 Å². The number of H-pyrrole nitrogens is 1. The first-order valence-corrected chi connectivity index (χ1v) is 8.46. The van der Waals surface area contributed by atoms with E-state index in [1.54, 1.807) is 13.8 Å². The zero-order valence-electron chi connectivity index (χ0n) is 12.4. The van der Waals surface area contributed by atoms with Gasteiger partial charge in [0.1, 0.15) is 4.90 Å². The number of sulfonamides is 1. The standard InChI is InChI=1S/C15H19N3O2S/c1-10-6-4-5-7-13(10)15(8-9-15)18-21(19,20)14-11(2)16-17-12(14)3/h4-7,18H,8-9H2,1-3H3,(H,16,17). The fourth-order valence-electron chi connectivity index (χ4n) is 2.91. The summed E-state index contributed by atoms with van der Waals surface area (Å²) >= 11 is 0. The molecule has 0 bridgehead atoms. The van der Waals surface area contributed by atoms with Crippen LogP contribution in [0, 0.1) is 20.8 Å². The average molecular weight is 305 g/mol. The van der Waals surface area contributed by atoms with E-state index in [0.717, 1.165) is 24.0 Å². The molecule has 1 aliphatic rings. The molecule has 3 rings (SSSR count). The van der Waals surface area contributed by atoms with E-state index in [1.165, 1.54) is 0 Å². The van der Waals surface area contributed by atoms with E-state index in [4.69, 9.17) is 0 Å². The largest absolute Gasteiger partial charge is 0.281 e. The lowest BCUT2D eigenvalue weighted by Gasteiger charge is -2.20. The molecule has 0 atom stereocenters. The fourth-order valence-corrected chi connectivity index (χ4v) is 4.72. The molecule has 0 amide bonds. The summed E-state index contributed by atoms with van der Waals surface area (Å²) in [7, 11) is -3.58. The molecule has 0 unspecified atom stereocenters. The second-order valence-electron chi connectivity index (χ2n) is 5.77. The van der Waals surface area contributed by atoms with E-state index < -0.39 is 15.6 Å². The van der Waals surface area contributed by atoms with Crippen LogP contribution in [0.2, 0.25) is 0 Å². The Morgan fingerprint density at radius 3 is 2.38 bits per heavy atom. The molecule has 1 aromatic carbocycles. The van der Waals surface area contributed by atoms with Crippen LogP contribution in [0.4, 0.5) is 0 Å². The van der Waals surface area contributed by atoms with E-state index in [0.29, 0.717) is 11.4 Å². The highest BCUT2D eigenvalue weighted by Gasteiger charge is 2.48. The molecular formula is C15H19N3O2S. The highest BCUT2D eigenvalue weighted by atomic mass is 32.2. The van der Waals surface area contributed by atoms with Crippen molar-refractivity contribution in [2.24, 2.45) is 0 Å². The molecule has 0 radical (unpaired) electrons. The summed E-state index contributed by atoms with van der Waals surface area (Å²) in [5.74, 6) is 0. The van der Waals surface area contributed by atoms with Gasteiger partial charge in [-0.25, -0.2) is 13.1 Å². The lowest BCUT2D eigenvalue weighted by atomic mass is 10.0. The van der Waals surface area contributed by atoms with Gasteiger partial charge < -0.3 is 0 Å². The van der Waals surface area contributed by atoms with E-state index in [2.05, 4.69) is 14.9 Å². The average Bonchev–Trinajstić information content (AvgIpc) is 3.07. The van der Waals surface area contributed by atoms with E-state index >= 15 is 0 Å². The number of hydrogen-bond acceptors (Lipinski definition) is 3. The molecule has 1 saturated carbocycles. The van der Waals surface area contributed by atoms with Crippen LogP contribution < -0.4 is 4.72 Å². The number of aromatic amines is 1. The summed E-state index contributed by atoms with van der Waals surface area (Å²) in [5.41, 5.74) is 2.78. The Kier molecular flexibility index (Phi) is 3.18. The Hall–Kier alpha value is -1.66. The molecule has 1 aliphatic carbocycles. The Bertz CT molecular complexity index is 770. The topological polar surface area (TPSA) is 74.8 Å². The molecule has 0 spiro atoms. The van der Waals surface area contributed by atoms with Crippen LogP contribution >= 0.6 is 0 Å². The molecule has 2 N–H and O–H groups in total. The molecule has 1 heterocycles. The molecule has 1 fully saturated rings. The molecule has 0 saturated heterocycles. The van der Waals surface area contributed by atoms with Gasteiger partial charge in [-0.2, -0.15) is 5.10 Å². The number of hydrogen-bond donors (Lipinski definition) is 2. The van der Waals surface area contributed by atoms with Crippen LogP contribution in [0.5, 0.6) is 0 Å². The van der Waals surface area contributed by atoms with Gasteiger partial charge in [0.15, 0.2) is 0 Å². The normalized spacial score (nSPS) is 16.9. The van der Waals surface area contributed by atoms with Crippen molar-refractivity contribution in [2.45, 2.75) is 44.0 Å². The molecule has 2 aromatic rings. The van der Waals surface area contributed by atoms with Gasteiger partial charge in [-0.1, -0.05) is 24.3 Å². The summed E-state index contributed by atoms with van der Waals surface area (Å²) in [6, 6.07) is 7.93. The fraction of sp³-hybridized carbons (Fsp3) is 0.400. The quantitative estimate of drug-likeness (QED) is 0.910. The highest BCUT2D eigenvalue weighted by molar-refractivity contribution is 7.89. The summed E-state index contributed by atoms with van der Waals surface area (Å²) in [6.07, 6.45) is 1.65. The van der Waals surface area contributed by atoms with E-state index in [9.17, 15) is 8.42 Å². The van der Waals surface area contributed by atoms with Gasteiger partial charge in [0, 0.05) is 0 Å². The first-order chi connectivity index (χ1) is 9.86. The summed E-state index contributed by atoms with van der Waals surface area (Å²) in [6.45, 7) is 5.44. The molecule has 21 heavy (non-hydrogen) atoms. The third-order valence-corrected chi connectivity index (χ3v) is 5.87. The first-order valence-electron chi connectivity index (χ1n) is 6.97. The zero-order chi connectivity index (χ0) is 15.3. The predicted molar refractivity (Wildman–Crippen MR) is 80.5 cm³/mol. The Balaban J connectivity index is 1.99. The van der Waals surface area contributed by atoms with Crippen LogP contribution in [-0.4, -0.2) is 18.6 Å². The summed E-state index contributed by atoms with van der Waals surface area (Å²) in [4.78, 5) is 0.266. The smallest absolute Gasteiger partial charge is 0.245 e. The van der Waals surface area contributed by atoms with Crippen molar-refractivity contribution in [3.63, 3.8) is 0 Å². The maximum atomic E-state index is 12.7. The maximum Gasteiger partial charge on any atom is 0.245 e. The molecule has 6 heteroatoms. The van der Waals surface area contributed by atoms with Crippen LogP contribution in [0.15, 0.2) is 29.2 Å². The zero-order valence-corrected chi connectivity index (χ0v) is 13.2. The number of benzene rings is 1. The van der Waals surface area contributed by atoms with Crippen molar-refractivity contribution in [3.05, 3.63) is 46.8 Å². The first kappa shape index (κ1) is 14.3. The monoisotopic (exact) mass is 305 g/mol. The van der Waals surface area contributed by atoms with Crippen molar-refractivity contribution < 1.29 is 8.42 Å². The van der Waals surface area contributed by atoms with Gasteiger partial charge >= 0.3 is 0 Å². The van der Waals surface area contributed by atoms with Crippen LogP contribution in [0.3, 0.4) is 0 Å². The lowest BCUT2D eigenvalue weighted by Crippen LogP contribution is -2.35. The SMILES string of the molecule is Cc1ccccc1C1(NS(=O)(=O)c2c(C)n[nH]c2C)CC1. The number of nitrogens with one attached hydrogen (secondary N) is 2. The predicted octanol–water partition coefficient (Wildman–Crippen LogP) is 2.30. The van der Waals surface area contributed by atoms with Crippen LogP contribution in [0.25, 0.3) is 0 Å². The number of rotatable bonds is 4. The van der Waals surface area contributed by atoms with Crippen LogP contribution in [-0.2, 0) is 15.6 Å². The van der Waals surface area contributed by atoms with Gasteiger partial charge in [0.25, 0.3) is 0 Å². The third-order valence-electron chi connectivity index (χ3n) is 4.07. The minimum absolute atomic E-state index is 0.266. The molecular weight excluding hydrogens is 286 g/mol. The number of aryl methyl sites for hydroxylation is 3. The van der Waals surface area contributed by atoms with Crippen molar-refractivity contribution >= 4 is 10.0 Å². The third kappa shape index (κ3) is 2.38. The summed E-state index contributed by atoms with van der Waals surface area (Å²) in [5, 5.41) is 6.71. The van der Waals surface area contributed by atoms with Crippen LogP contribution in [0.1, 0.15) is 35.4 Å². The summed E-state index contributed by atoms with van der Waals surface area (Å²) < 4.78 is 28.3. The van der Waals surface area contributed by atoms with E-state index in [-0.39, 0.29) is 4.90 Å². The number of aromatic nitrogens is 2. The van der Waals surface area contributed by atoms with Gasteiger partial charge in [-0.05, 0) is 44.7 Å². The van der Waals surface area contributed by atoms with Gasteiger partial charge in [0.05, 0.1) is 16.9 Å². The van der Waals surface area contributed by atoms with Crippen molar-refractivity contribution in [2.75, 3.05) is 0 Å². The Labute approximate surface area is 124 Å². The number of nitrogens with zero attached hydrogens (tertiary/aromatic N) is 1. The Morgan fingerprint density at radius 2 is 1.86 bits per heavy atom. The molecule has 0 aliphatic heterocycles. The molecule has 112 valence electrons. The second-order valence-corrected chi connectivity index (χ2v) is 7.38. The van der Waals surface area contributed by atoms with Crippen molar-refractivity contribution in [1.82, 2.24) is 14.9 Å². The molecule has 1 aromatic heterocycles. The molecule has 5 nitrogen and oxygen atoms in total. The highest BCUT2D eigenvalue weighted by Crippen LogP contribution is 2.47.